The number of amides is 2. The van der Waals surface area contributed by atoms with E-state index in [4.69, 9.17) is 11.6 Å². The van der Waals surface area contributed by atoms with Crippen LogP contribution < -0.4 is 16.0 Å². The van der Waals surface area contributed by atoms with Crippen LogP contribution in [-0.4, -0.2) is 43.9 Å². The lowest BCUT2D eigenvalue weighted by Gasteiger charge is -2.16. The zero-order valence-corrected chi connectivity index (χ0v) is 19.9. The van der Waals surface area contributed by atoms with Gasteiger partial charge in [0.05, 0.1) is 17.0 Å². The van der Waals surface area contributed by atoms with Crippen LogP contribution in [0.2, 0.25) is 5.02 Å². The summed E-state index contributed by atoms with van der Waals surface area (Å²) in [6, 6.07) is 22.3. The van der Waals surface area contributed by atoms with Gasteiger partial charge in [-0.3, -0.25) is 9.59 Å². The number of nitrogens with one attached hydrogen (secondary N) is 3. The Labute approximate surface area is 204 Å². The number of nitrogens with zero attached hydrogens (tertiary/aromatic N) is 1. The third-order valence-electron chi connectivity index (χ3n) is 5.50. The number of carbonyl (C=O) groups excluding carboxylic acids is 2. The molecule has 3 aromatic rings. The molecule has 0 spiro atoms. The van der Waals surface area contributed by atoms with Gasteiger partial charge in [0, 0.05) is 28.4 Å². The van der Waals surface area contributed by atoms with Gasteiger partial charge in [0.25, 0.3) is 11.8 Å². The van der Waals surface area contributed by atoms with Gasteiger partial charge in [0.1, 0.15) is 0 Å². The molecule has 3 aromatic carbocycles. The van der Waals surface area contributed by atoms with Crippen molar-refractivity contribution in [2.45, 2.75) is 6.42 Å². The highest BCUT2D eigenvalue weighted by molar-refractivity contribution is 6.38. The standard InChI is InChI=1S/C27H27ClN4O2/c1-32(2)15-7-14-29-26(33)19-10-6-11-21(16-19)30-25(18-8-4-3-5-9-18)24-22-13-12-20(28)17-23(22)31-27(24)34/h3-6,8-13,16-17,30H,7,14-15H2,1-2H3,(H,29,33)(H,31,34). The molecule has 0 saturated carbocycles. The molecule has 0 bridgehead atoms. The minimum Gasteiger partial charge on any atom is -0.354 e. The van der Waals surface area contributed by atoms with Crippen LogP contribution >= 0.6 is 11.6 Å². The Morgan fingerprint density at radius 3 is 2.50 bits per heavy atom. The lowest BCUT2D eigenvalue weighted by molar-refractivity contribution is -0.110. The first kappa shape index (κ1) is 23.5. The quantitative estimate of drug-likeness (QED) is 0.319. The minimum absolute atomic E-state index is 0.130. The van der Waals surface area contributed by atoms with Crippen molar-refractivity contribution >= 4 is 46.1 Å². The first-order valence-corrected chi connectivity index (χ1v) is 11.5. The second-order valence-corrected chi connectivity index (χ2v) is 8.82. The van der Waals surface area contributed by atoms with Crippen molar-refractivity contribution in [3.8, 4) is 0 Å². The topological polar surface area (TPSA) is 73.5 Å². The molecule has 0 fully saturated rings. The van der Waals surface area contributed by atoms with Gasteiger partial charge in [0.15, 0.2) is 0 Å². The molecule has 0 unspecified atom stereocenters. The van der Waals surface area contributed by atoms with Gasteiger partial charge in [-0.1, -0.05) is 54.1 Å². The highest BCUT2D eigenvalue weighted by Crippen LogP contribution is 2.38. The Balaban J connectivity index is 1.65. The molecule has 1 aliphatic rings. The fourth-order valence-corrected chi connectivity index (χ4v) is 4.03. The van der Waals surface area contributed by atoms with Gasteiger partial charge in [-0.25, -0.2) is 0 Å². The van der Waals surface area contributed by atoms with Crippen LogP contribution in [-0.2, 0) is 4.79 Å². The smallest absolute Gasteiger partial charge is 0.258 e. The zero-order chi connectivity index (χ0) is 24.1. The summed E-state index contributed by atoms with van der Waals surface area (Å²) in [7, 11) is 4.01. The monoisotopic (exact) mass is 474 g/mol. The summed E-state index contributed by atoms with van der Waals surface area (Å²) in [5.41, 5.74) is 4.75. The predicted molar refractivity (Wildman–Crippen MR) is 139 cm³/mol. The van der Waals surface area contributed by atoms with Gasteiger partial charge in [-0.2, -0.15) is 0 Å². The highest BCUT2D eigenvalue weighted by Gasteiger charge is 2.28. The van der Waals surface area contributed by atoms with Crippen molar-refractivity contribution in [3.63, 3.8) is 0 Å². The van der Waals surface area contributed by atoms with Crippen LogP contribution in [0.15, 0.2) is 72.8 Å². The number of benzene rings is 3. The molecule has 2 amide bonds. The summed E-state index contributed by atoms with van der Waals surface area (Å²) < 4.78 is 0. The fourth-order valence-electron chi connectivity index (χ4n) is 3.86. The number of hydrogen-bond donors (Lipinski definition) is 3. The Morgan fingerprint density at radius 2 is 1.74 bits per heavy atom. The molecule has 0 atom stereocenters. The average Bonchev–Trinajstić information content (AvgIpc) is 3.15. The largest absolute Gasteiger partial charge is 0.354 e. The van der Waals surface area contributed by atoms with Gasteiger partial charge >= 0.3 is 0 Å². The summed E-state index contributed by atoms with van der Waals surface area (Å²) in [4.78, 5) is 27.7. The third-order valence-corrected chi connectivity index (χ3v) is 5.74. The Kier molecular flexibility index (Phi) is 7.30. The first-order valence-electron chi connectivity index (χ1n) is 11.1. The highest BCUT2D eigenvalue weighted by atomic mass is 35.5. The van der Waals surface area contributed by atoms with Crippen molar-refractivity contribution in [2.75, 3.05) is 37.8 Å². The summed E-state index contributed by atoms with van der Waals surface area (Å²) in [6.07, 6.45) is 0.874. The molecule has 1 aliphatic heterocycles. The van der Waals surface area contributed by atoms with E-state index in [2.05, 4.69) is 20.9 Å². The summed E-state index contributed by atoms with van der Waals surface area (Å²) >= 11 is 6.13. The van der Waals surface area contributed by atoms with E-state index in [1.165, 1.54) is 0 Å². The van der Waals surface area contributed by atoms with Crippen LogP contribution in [0.3, 0.4) is 0 Å². The van der Waals surface area contributed by atoms with E-state index in [0.29, 0.717) is 39.8 Å². The van der Waals surface area contributed by atoms with Crippen LogP contribution in [0.4, 0.5) is 11.4 Å². The molecule has 0 aliphatic carbocycles. The number of carbonyl (C=O) groups is 2. The molecule has 7 heteroatoms. The maximum absolute atomic E-state index is 13.0. The van der Waals surface area contributed by atoms with Crippen LogP contribution in [0, 0.1) is 0 Å². The van der Waals surface area contributed by atoms with Crippen LogP contribution in [0.5, 0.6) is 0 Å². The lowest BCUT2D eigenvalue weighted by Crippen LogP contribution is -2.27. The van der Waals surface area contributed by atoms with Crippen molar-refractivity contribution in [3.05, 3.63) is 94.5 Å². The molecule has 0 radical (unpaired) electrons. The number of anilines is 2. The van der Waals surface area contributed by atoms with E-state index >= 15 is 0 Å². The minimum atomic E-state index is -0.210. The zero-order valence-electron chi connectivity index (χ0n) is 19.2. The van der Waals surface area contributed by atoms with Gasteiger partial charge in [-0.15, -0.1) is 0 Å². The first-order chi connectivity index (χ1) is 16.4. The van der Waals surface area contributed by atoms with Crippen molar-refractivity contribution in [1.82, 2.24) is 10.2 Å². The van der Waals surface area contributed by atoms with E-state index in [9.17, 15) is 9.59 Å². The maximum Gasteiger partial charge on any atom is 0.258 e. The van der Waals surface area contributed by atoms with Crippen LogP contribution in [0.25, 0.3) is 11.3 Å². The molecule has 174 valence electrons. The Morgan fingerprint density at radius 1 is 0.971 bits per heavy atom. The third kappa shape index (κ3) is 5.47. The molecule has 4 rings (SSSR count). The van der Waals surface area contributed by atoms with Crippen molar-refractivity contribution in [1.29, 1.82) is 0 Å². The van der Waals surface area contributed by atoms with Crippen molar-refractivity contribution in [2.24, 2.45) is 0 Å². The summed E-state index contributed by atoms with van der Waals surface area (Å²) in [5, 5.41) is 9.82. The van der Waals surface area contributed by atoms with E-state index in [0.717, 1.165) is 24.1 Å². The Bertz CT molecular complexity index is 1240. The molecule has 34 heavy (non-hydrogen) atoms. The summed E-state index contributed by atoms with van der Waals surface area (Å²) in [5.74, 6) is -0.340. The molecule has 0 saturated heterocycles. The maximum atomic E-state index is 13.0. The van der Waals surface area contributed by atoms with E-state index in [1.807, 2.05) is 62.6 Å². The lowest BCUT2D eigenvalue weighted by atomic mass is 10.00. The number of rotatable bonds is 8. The van der Waals surface area contributed by atoms with Crippen LogP contribution in [0.1, 0.15) is 27.9 Å². The molecular weight excluding hydrogens is 448 g/mol. The van der Waals surface area contributed by atoms with Crippen molar-refractivity contribution < 1.29 is 9.59 Å². The second kappa shape index (κ2) is 10.5. The summed E-state index contributed by atoms with van der Waals surface area (Å²) in [6.45, 7) is 1.51. The average molecular weight is 475 g/mol. The van der Waals surface area contributed by atoms with Gasteiger partial charge in [0.2, 0.25) is 0 Å². The fraction of sp³-hybridized carbons (Fsp3) is 0.185. The normalized spacial score (nSPS) is 13.9. The predicted octanol–water partition coefficient (Wildman–Crippen LogP) is 4.95. The molecular formula is C27H27ClN4O2. The van der Waals surface area contributed by atoms with E-state index < -0.39 is 0 Å². The van der Waals surface area contributed by atoms with E-state index in [-0.39, 0.29) is 11.8 Å². The number of halogens is 1. The van der Waals surface area contributed by atoms with E-state index in [1.54, 1.807) is 24.3 Å². The molecule has 0 aromatic heterocycles. The molecule has 3 N–H and O–H groups in total. The number of fused-ring (bicyclic) bond motifs is 1. The molecule has 6 nitrogen and oxygen atoms in total. The Hall–Kier alpha value is -3.61. The second-order valence-electron chi connectivity index (χ2n) is 8.38. The van der Waals surface area contributed by atoms with Gasteiger partial charge in [-0.05, 0) is 63.0 Å². The SMILES string of the molecule is CN(C)CCCNC(=O)c1cccc(NC(=C2C(=O)Nc3cc(Cl)ccc32)c2ccccc2)c1. The van der Waals surface area contributed by atoms with Gasteiger partial charge < -0.3 is 20.9 Å². The molecule has 1 heterocycles. The number of hydrogen-bond acceptors (Lipinski definition) is 4.